The van der Waals surface area contributed by atoms with Crippen LogP contribution in [0, 0.1) is 6.92 Å². The highest BCUT2D eigenvalue weighted by Crippen LogP contribution is 2.43. The van der Waals surface area contributed by atoms with E-state index in [4.69, 9.17) is 14.1 Å². The number of thiophene rings is 1. The standard InChI is InChI=1S/C28H35NO4S/c1-7-11-22-16(3)23(27(31)32-8-2)26(34-22)29-15-18-24-17-12-9-10-13-20(17)33-21(24)14-19(25(18)30)28(4,5)6/h14-15,30H,7-13H2,1-6H3/b29-15+. The van der Waals surface area contributed by atoms with Crippen molar-refractivity contribution in [2.24, 2.45) is 4.99 Å². The van der Waals surface area contributed by atoms with Crippen LogP contribution in [0.5, 0.6) is 5.75 Å². The molecule has 0 aliphatic heterocycles. The van der Waals surface area contributed by atoms with Gasteiger partial charge in [-0.25, -0.2) is 9.79 Å². The number of ether oxygens (including phenoxy) is 1. The van der Waals surface area contributed by atoms with Crippen molar-refractivity contribution in [3.63, 3.8) is 0 Å². The number of nitrogens with zero attached hydrogens (tertiary/aromatic N) is 1. The number of aromatic hydroxyl groups is 1. The lowest BCUT2D eigenvalue weighted by Crippen LogP contribution is -2.12. The highest BCUT2D eigenvalue weighted by molar-refractivity contribution is 7.16. The smallest absolute Gasteiger partial charge is 0.341 e. The lowest BCUT2D eigenvalue weighted by molar-refractivity contribution is 0.0527. The molecule has 34 heavy (non-hydrogen) atoms. The molecule has 1 aromatic carbocycles. The second-order valence-corrected chi connectivity index (χ2v) is 11.2. The Morgan fingerprint density at radius 3 is 2.68 bits per heavy atom. The van der Waals surface area contributed by atoms with Crippen molar-refractivity contribution < 1.29 is 19.1 Å². The van der Waals surface area contributed by atoms with E-state index in [-0.39, 0.29) is 17.1 Å². The molecule has 0 saturated heterocycles. The van der Waals surface area contributed by atoms with Gasteiger partial charge in [-0.15, -0.1) is 11.3 Å². The quantitative estimate of drug-likeness (QED) is 0.291. The fourth-order valence-electron chi connectivity index (χ4n) is 4.81. The van der Waals surface area contributed by atoms with Crippen LogP contribution in [0.15, 0.2) is 15.5 Å². The van der Waals surface area contributed by atoms with E-state index in [1.165, 1.54) is 16.9 Å². The molecule has 0 atom stereocenters. The number of rotatable bonds is 6. The van der Waals surface area contributed by atoms with Crippen molar-refractivity contribution in [2.75, 3.05) is 6.61 Å². The van der Waals surface area contributed by atoms with E-state index in [1.54, 1.807) is 6.21 Å². The Hall–Kier alpha value is -2.60. The molecule has 0 fully saturated rings. The molecule has 2 aromatic heterocycles. The molecule has 0 unspecified atom stereocenters. The molecule has 0 spiro atoms. The van der Waals surface area contributed by atoms with Crippen LogP contribution in [0.4, 0.5) is 5.00 Å². The predicted octanol–water partition coefficient (Wildman–Crippen LogP) is 7.56. The first-order valence-corrected chi connectivity index (χ1v) is 13.1. The molecule has 1 aliphatic rings. The number of phenols is 1. The van der Waals surface area contributed by atoms with E-state index in [0.29, 0.717) is 22.7 Å². The SMILES string of the molecule is CCCc1sc(/N=C/c2c(O)c(C(C)(C)C)cc3oc4c(c23)CCCC4)c(C(=O)OCC)c1C. The maximum atomic E-state index is 12.8. The van der Waals surface area contributed by atoms with E-state index in [0.717, 1.165) is 71.3 Å². The molecule has 2 heterocycles. The fourth-order valence-corrected chi connectivity index (χ4v) is 6.05. The highest BCUT2D eigenvalue weighted by Gasteiger charge is 2.28. The third kappa shape index (κ3) is 4.40. The lowest BCUT2D eigenvalue weighted by Gasteiger charge is -2.21. The Kier molecular flexibility index (Phi) is 6.90. The zero-order chi connectivity index (χ0) is 24.6. The molecule has 0 amide bonds. The third-order valence-corrected chi connectivity index (χ3v) is 7.82. The largest absolute Gasteiger partial charge is 0.507 e. The van der Waals surface area contributed by atoms with Gasteiger partial charge in [0.2, 0.25) is 0 Å². The summed E-state index contributed by atoms with van der Waals surface area (Å²) in [5.74, 6) is 0.910. The first kappa shape index (κ1) is 24.5. The number of hydrogen-bond acceptors (Lipinski definition) is 6. The maximum Gasteiger partial charge on any atom is 0.341 e. The molecule has 3 aromatic rings. The number of phenolic OH excluding ortho intramolecular Hbond substituents is 1. The molecule has 1 N–H and O–H groups in total. The van der Waals surface area contributed by atoms with Crippen molar-refractivity contribution in [1.82, 2.24) is 0 Å². The predicted molar refractivity (Wildman–Crippen MR) is 139 cm³/mol. The van der Waals surface area contributed by atoms with Gasteiger partial charge >= 0.3 is 5.97 Å². The summed E-state index contributed by atoms with van der Waals surface area (Å²) in [5.41, 5.74) is 4.69. The number of hydrogen-bond donors (Lipinski definition) is 1. The average Bonchev–Trinajstić information content (AvgIpc) is 3.30. The molecule has 4 rings (SSSR count). The van der Waals surface area contributed by atoms with Gasteiger partial charge in [-0.3, -0.25) is 0 Å². The summed E-state index contributed by atoms with van der Waals surface area (Å²) < 4.78 is 11.6. The normalized spacial score (nSPS) is 14.2. The van der Waals surface area contributed by atoms with Crippen LogP contribution < -0.4 is 0 Å². The molecule has 0 bridgehead atoms. The lowest BCUT2D eigenvalue weighted by atomic mass is 9.83. The van der Waals surface area contributed by atoms with E-state index < -0.39 is 0 Å². The molecular formula is C28H35NO4S. The number of furan rings is 1. The summed E-state index contributed by atoms with van der Waals surface area (Å²) in [5, 5.41) is 13.0. The molecular weight excluding hydrogens is 446 g/mol. The second kappa shape index (κ2) is 9.57. The van der Waals surface area contributed by atoms with Crippen LogP contribution >= 0.6 is 11.3 Å². The number of benzene rings is 1. The molecule has 1 aliphatic carbocycles. The van der Waals surface area contributed by atoms with Gasteiger partial charge in [-0.1, -0.05) is 34.1 Å². The maximum absolute atomic E-state index is 12.8. The molecule has 6 heteroatoms. The number of fused-ring (bicyclic) bond motifs is 3. The van der Waals surface area contributed by atoms with Crippen LogP contribution in [0.1, 0.15) is 97.1 Å². The van der Waals surface area contributed by atoms with Gasteiger partial charge in [0.1, 0.15) is 22.1 Å². The van der Waals surface area contributed by atoms with Gasteiger partial charge in [-0.05, 0) is 56.6 Å². The second-order valence-electron chi connectivity index (χ2n) is 10.1. The number of carbonyl (C=O) groups excluding carboxylic acids is 1. The first-order valence-electron chi connectivity index (χ1n) is 12.3. The number of aryl methyl sites for hydroxylation is 3. The monoisotopic (exact) mass is 481 g/mol. The van der Waals surface area contributed by atoms with Crippen LogP contribution in [-0.4, -0.2) is 23.9 Å². The van der Waals surface area contributed by atoms with E-state index in [2.05, 4.69) is 27.7 Å². The summed E-state index contributed by atoms with van der Waals surface area (Å²) >= 11 is 1.53. The van der Waals surface area contributed by atoms with Crippen LogP contribution in [0.2, 0.25) is 0 Å². The Morgan fingerprint density at radius 1 is 1.26 bits per heavy atom. The Balaban J connectivity index is 1.92. The summed E-state index contributed by atoms with van der Waals surface area (Å²) in [7, 11) is 0. The summed E-state index contributed by atoms with van der Waals surface area (Å²) in [6.45, 7) is 12.5. The average molecular weight is 482 g/mol. The minimum absolute atomic E-state index is 0.234. The van der Waals surface area contributed by atoms with Gasteiger partial charge in [0.25, 0.3) is 0 Å². The molecule has 0 saturated carbocycles. The summed E-state index contributed by atoms with van der Waals surface area (Å²) in [4.78, 5) is 18.7. The van der Waals surface area contributed by atoms with Crippen molar-refractivity contribution in [2.45, 2.75) is 85.5 Å². The summed E-state index contributed by atoms with van der Waals surface area (Å²) in [6, 6.07) is 1.99. The minimum atomic E-state index is -0.343. The van der Waals surface area contributed by atoms with Crippen molar-refractivity contribution in [3.05, 3.63) is 44.5 Å². The summed E-state index contributed by atoms with van der Waals surface area (Å²) in [6.07, 6.45) is 7.68. The molecule has 0 radical (unpaired) electrons. The van der Waals surface area contributed by atoms with E-state index >= 15 is 0 Å². The molecule has 5 nitrogen and oxygen atoms in total. The Labute approximate surface area is 205 Å². The minimum Gasteiger partial charge on any atom is -0.507 e. The van der Waals surface area contributed by atoms with Gasteiger partial charge < -0.3 is 14.3 Å². The topological polar surface area (TPSA) is 72.0 Å². The zero-order valence-corrected chi connectivity index (χ0v) is 21.9. The highest BCUT2D eigenvalue weighted by atomic mass is 32.1. The van der Waals surface area contributed by atoms with Crippen LogP contribution in [0.3, 0.4) is 0 Å². The van der Waals surface area contributed by atoms with Crippen LogP contribution in [-0.2, 0) is 29.4 Å². The zero-order valence-electron chi connectivity index (χ0n) is 21.1. The van der Waals surface area contributed by atoms with Crippen molar-refractivity contribution in [1.29, 1.82) is 0 Å². The number of carbonyl (C=O) groups is 1. The van der Waals surface area contributed by atoms with E-state index in [1.807, 2.05) is 19.9 Å². The number of aliphatic imine (C=N–C) groups is 1. The van der Waals surface area contributed by atoms with Crippen LogP contribution in [0.25, 0.3) is 11.0 Å². The fraction of sp³-hybridized carbons (Fsp3) is 0.500. The van der Waals surface area contributed by atoms with E-state index in [9.17, 15) is 9.90 Å². The van der Waals surface area contributed by atoms with Gasteiger partial charge in [0.15, 0.2) is 0 Å². The van der Waals surface area contributed by atoms with Gasteiger partial charge in [0.05, 0.1) is 12.2 Å². The molecule has 182 valence electrons. The van der Waals surface area contributed by atoms with Gasteiger partial charge in [-0.2, -0.15) is 0 Å². The Bertz CT molecular complexity index is 1260. The van der Waals surface area contributed by atoms with Crippen molar-refractivity contribution in [3.8, 4) is 5.75 Å². The number of esters is 1. The Morgan fingerprint density at radius 2 is 2.00 bits per heavy atom. The third-order valence-electron chi connectivity index (χ3n) is 6.56. The first-order chi connectivity index (χ1) is 16.2. The van der Waals surface area contributed by atoms with Crippen molar-refractivity contribution >= 4 is 39.5 Å². The van der Waals surface area contributed by atoms with Gasteiger partial charge in [0, 0.05) is 39.6 Å².